The molecular formula is C20H22ClN5S. The van der Waals surface area contributed by atoms with E-state index in [1.807, 2.05) is 55.5 Å². The van der Waals surface area contributed by atoms with Crippen LogP contribution in [0.4, 0.5) is 0 Å². The molecule has 1 atom stereocenters. The number of guanidine groups is 1. The maximum absolute atomic E-state index is 6.24. The van der Waals surface area contributed by atoms with Crippen LogP contribution >= 0.6 is 23.8 Å². The van der Waals surface area contributed by atoms with Gasteiger partial charge in [-0.1, -0.05) is 60.2 Å². The Kier molecular flexibility index (Phi) is 6.11. The summed E-state index contributed by atoms with van der Waals surface area (Å²) in [5.74, 6) is 0.380. The maximum Gasteiger partial charge on any atom is 0.195 e. The van der Waals surface area contributed by atoms with Crippen molar-refractivity contribution in [2.75, 3.05) is 6.54 Å². The van der Waals surface area contributed by atoms with Crippen LogP contribution in [0.15, 0.2) is 53.5 Å². The molecule has 3 rings (SSSR count). The minimum Gasteiger partial charge on any atom is -0.389 e. The highest BCUT2D eigenvalue weighted by atomic mass is 35.5. The number of nitrogens with zero attached hydrogens (tertiary/aromatic N) is 1. The molecule has 0 saturated carbocycles. The number of nitrogens with two attached hydrogens (primary N) is 2. The van der Waals surface area contributed by atoms with Crippen LogP contribution in [-0.4, -0.2) is 23.7 Å². The van der Waals surface area contributed by atoms with Crippen molar-refractivity contribution in [3.8, 4) is 0 Å². The summed E-state index contributed by atoms with van der Waals surface area (Å²) in [6, 6.07) is 13.8. The monoisotopic (exact) mass is 399 g/mol. The Balaban J connectivity index is 1.65. The molecule has 0 bridgehead atoms. The summed E-state index contributed by atoms with van der Waals surface area (Å²) < 4.78 is 0. The predicted molar refractivity (Wildman–Crippen MR) is 117 cm³/mol. The van der Waals surface area contributed by atoms with Gasteiger partial charge in [-0.2, -0.15) is 0 Å². The van der Waals surface area contributed by atoms with Crippen molar-refractivity contribution >= 4 is 40.5 Å². The Morgan fingerprint density at radius 3 is 2.70 bits per heavy atom. The third kappa shape index (κ3) is 4.86. The van der Waals surface area contributed by atoms with Gasteiger partial charge in [0, 0.05) is 28.4 Å². The standard InChI is InChI=1S/C20H22ClN5S/c1-12-15(3-2-4-16(12)21)17-11-18(26-20(23)25-17)24-10-9-13-5-7-14(8-6-13)19(22)27/h2-8,11,18,24H,9-10H2,1H3,(H2,22,27)(H3,23,25,26). The lowest BCUT2D eigenvalue weighted by molar-refractivity contribution is 0.607. The van der Waals surface area contributed by atoms with Crippen LogP contribution in [-0.2, 0) is 6.42 Å². The lowest BCUT2D eigenvalue weighted by atomic mass is 10.0. The zero-order valence-electron chi connectivity index (χ0n) is 15.0. The molecule has 0 spiro atoms. The SMILES string of the molecule is Cc1c(Cl)cccc1C1=CC(NCCc2ccc(C(N)=S)cc2)N=C(N)N1. The number of nitrogens with one attached hydrogen (secondary N) is 2. The molecule has 1 aliphatic heterocycles. The fraction of sp³-hybridized carbons (Fsp3) is 0.200. The van der Waals surface area contributed by atoms with E-state index < -0.39 is 0 Å². The van der Waals surface area contributed by atoms with Crippen molar-refractivity contribution in [3.63, 3.8) is 0 Å². The van der Waals surface area contributed by atoms with E-state index in [1.54, 1.807) is 0 Å². The van der Waals surface area contributed by atoms with Crippen LogP contribution in [0.1, 0.15) is 22.3 Å². The van der Waals surface area contributed by atoms with E-state index in [9.17, 15) is 0 Å². The van der Waals surface area contributed by atoms with Gasteiger partial charge in [0.1, 0.15) is 11.2 Å². The summed E-state index contributed by atoms with van der Waals surface area (Å²) in [4.78, 5) is 4.82. The van der Waals surface area contributed by atoms with Crippen LogP contribution in [0.5, 0.6) is 0 Å². The summed E-state index contributed by atoms with van der Waals surface area (Å²) in [7, 11) is 0. The number of halogens is 1. The van der Waals surface area contributed by atoms with Crippen molar-refractivity contribution in [1.29, 1.82) is 0 Å². The van der Waals surface area contributed by atoms with E-state index in [0.29, 0.717) is 10.9 Å². The van der Waals surface area contributed by atoms with Crippen molar-refractivity contribution in [2.45, 2.75) is 19.5 Å². The first kappa shape index (κ1) is 19.4. The van der Waals surface area contributed by atoms with Gasteiger partial charge in [-0.3, -0.25) is 5.32 Å². The van der Waals surface area contributed by atoms with Gasteiger partial charge >= 0.3 is 0 Å². The van der Waals surface area contributed by atoms with Crippen LogP contribution in [0.25, 0.3) is 5.70 Å². The Bertz CT molecular complexity index is 905. The molecule has 0 fully saturated rings. The Hall–Kier alpha value is -2.41. The summed E-state index contributed by atoms with van der Waals surface area (Å²) >= 11 is 11.2. The van der Waals surface area contributed by atoms with E-state index in [-0.39, 0.29) is 6.17 Å². The molecule has 1 aliphatic rings. The highest BCUT2D eigenvalue weighted by molar-refractivity contribution is 7.80. The molecule has 0 amide bonds. The van der Waals surface area contributed by atoms with Gasteiger partial charge in [-0.15, -0.1) is 0 Å². The lowest BCUT2D eigenvalue weighted by Gasteiger charge is -2.22. The van der Waals surface area contributed by atoms with Crippen molar-refractivity contribution < 1.29 is 0 Å². The number of hydrogen-bond acceptors (Lipinski definition) is 5. The number of benzene rings is 2. The summed E-state index contributed by atoms with van der Waals surface area (Å²) in [6.07, 6.45) is 2.68. The molecule has 0 aromatic heterocycles. The second kappa shape index (κ2) is 8.52. The maximum atomic E-state index is 6.24. The molecular weight excluding hydrogens is 378 g/mol. The first-order valence-corrected chi connectivity index (χ1v) is 9.42. The van der Waals surface area contributed by atoms with Crippen molar-refractivity contribution in [3.05, 3.63) is 75.8 Å². The van der Waals surface area contributed by atoms with Gasteiger partial charge in [-0.05, 0) is 36.6 Å². The highest BCUT2D eigenvalue weighted by Crippen LogP contribution is 2.25. The second-order valence-electron chi connectivity index (χ2n) is 6.34. The zero-order valence-corrected chi connectivity index (χ0v) is 16.6. The number of aliphatic imine (C=N–C) groups is 1. The average Bonchev–Trinajstić information content (AvgIpc) is 2.64. The van der Waals surface area contributed by atoms with Crippen LogP contribution in [0, 0.1) is 6.92 Å². The fourth-order valence-electron chi connectivity index (χ4n) is 2.92. The molecule has 140 valence electrons. The number of rotatable bonds is 6. The average molecular weight is 400 g/mol. The zero-order chi connectivity index (χ0) is 19.4. The molecule has 5 nitrogen and oxygen atoms in total. The summed E-state index contributed by atoms with van der Waals surface area (Å²) in [6.45, 7) is 2.74. The van der Waals surface area contributed by atoms with Gasteiger partial charge in [0.15, 0.2) is 5.96 Å². The first-order chi connectivity index (χ1) is 12.9. The van der Waals surface area contributed by atoms with E-state index >= 15 is 0 Å². The minimum atomic E-state index is -0.199. The molecule has 0 saturated heterocycles. The first-order valence-electron chi connectivity index (χ1n) is 8.64. The van der Waals surface area contributed by atoms with Gasteiger partial charge in [0.2, 0.25) is 0 Å². The molecule has 2 aromatic rings. The van der Waals surface area contributed by atoms with Crippen molar-refractivity contribution in [1.82, 2.24) is 10.6 Å². The molecule has 1 unspecified atom stereocenters. The molecule has 27 heavy (non-hydrogen) atoms. The topological polar surface area (TPSA) is 88.5 Å². The Labute approximate surface area is 169 Å². The lowest BCUT2D eigenvalue weighted by Crippen LogP contribution is -2.40. The smallest absolute Gasteiger partial charge is 0.195 e. The number of hydrogen-bond donors (Lipinski definition) is 4. The van der Waals surface area contributed by atoms with Crippen molar-refractivity contribution in [2.24, 2.45) is 16.5 Å². The van der Waals surface area contributed by atoms with E-state index in [1.165, 1.54) is 5.56 Å². The summed E-state index contributed by atoms with van der Waals surface area (Å²) in [5.41, 5.74) is 16.6. The second-order valence-corrected chi connectivity index (χ2v) is 7.19. The predicted octanol–water partition coefficient (Wildman–Crippen LogP) is 2.70. The van der Waals surface area contributed by atoms with Crippen LogP contribution in [0.3, 0.4) is 0 Å². The molecule has 6 N–H and O–H groups in total. The normalized spacial score (nSPS) is 16.3. The quantitative estimate of drug-likeness (QED) is 0.561. The largest absolute Gasteiger partial charge is 0.389 e. The molecule has 7 heteroatoms. The van der Waals surface area contributed by atoms with Gasteiger partial charge in [-0.25, -0.2) is 4.99 Å². The molecule has 0 radical (unpaired) electrons. The Morgan fingerprint density at radius 1 is 1.26 bits per heavy atom. The van der Waals surface area contributed by atoms with E-state index in [4.69, 9.17) is 35.3 Å². The van der Waals surface area contributed by atoms with E-state index in [2.05, 4.69) is 15.6 Å². The van der Waals surface area contributed by atoms with Gasteiger partial charge < -0.3 is 16.8 Å². The van der Waals surface area contributed by atoms with E-state index in [0.717, 1.165) is 40.4 Å². The summed E-state index contributed by atoms with van der Waals surface area (Å²) in [5, 5.41) is 7.25. The van der Waals surface area contributed by atoms with Crippen LogP contribution in [0.2, 0.25) is 5.02 Å². The van der Waals surface area contributed by atoms with Gasteiger partial charge in [0.05, 0.1) is 0 Å². The minimum absolute atomic E-state index is 0.199. The Morgan fingerprint density at radius 2 is 2.00 bits per heavy atom. The van der Waals surface area contributed by atoms with Gasteiger partial charge in [0.25, 0.3) is 0 Å². The fourth-order valence-corrected chi connectivity index (χ4v) is 3.23. The molecule has 2 aromatic carbocycles. The third-order valence-corrected chi connectivity index (χ3v) is 5.07. The number of thiocarbonyl (C=S) groups is 1. The third-order valence-electron chi connectivity index (χ3n) is 4.43. The highest BCUT2D eigenvalue weighted by Gasteiger charge is 2.16. The molecule has 1 heterocycles. The van der Waals surface area contributed by atoms with Crippen LogP contribution < -0.4 is 22.1 Å². The molecule has 0 aliphatic carbocycles.